The van der Waals surface area contributed by atoms with E-state index in [1.165, 1.54) is 0 Å². The molecule has 19 heavy (non-hydrogen) atoms. The quantitative estimate of drug-likeness (QED) is 0.840. The number of pyridine rings is 1. The zero-order chi connectivity index (χ0) is 12.3. The Bertz CT molecular complexity index is 402. The third-order valence-electron chi connectivity index (χ3n) is 3.06. The van der Waals surface area contributed by atoms with Crippen LogP contribution in [-0.4, -0.2) is 30.0 Å². The Hall–Kier alpha value is -0.360. The fourth-order valence-electron chi connectivity index (χ4n) is 1.98. The summed E-state index contributed by atoms with van der Waals surface area (Å²) in [5, 5.41) is 6.36. The van der Waals surface area contributed by atoms with Crippen molar-refractivity contribution in [3.8, 4) is 0 Å². The Labute approximate surface area is 134 Å². The maximum Gasteiger partial charge on any atom is 0.270 e. The first-order valence-corrected chi connectivity index (χ1v) is 6.59. The lowest BCUT2D eigenvalue weighted by atomic mass is 9.95. The van der Waals surface area contributed by atoms with Crippen molar-refractivity contribution in [3.63, 3.8) is 0 Å². The molecule has 4 nitrogen and oxygen atoms in total. The minimum atomic E-state index is -0.0868. The summed E-state index contributed by atoms with van der Waals surface area (Å²) < 4.78 is 0.879. The highest BCUT2D eigenvalue weighted by Gasteiger charge is 2.23. The fourth-order valence-corrected chi connectivity index (χ4v) is 2.22. The molecule has 2 N–H and O–H groups in total. The lowest BCUT2D eigenvalue weighted by Crippen LogP contribution is -2.48. The number of aromatic nitrogens is 1. The Morgan fingerprint density at radius 3 is 2.79 bits per heavy atom. The molecule has 0 aliphatic carbocycles. The molecule has 0 spiro atoms. The van der Waals surface area contributed by atoms with Gasteiger partial charge in [-0.15, -0.1) is 24.8 Å². The molecule has 1 saturated heterocycles. The number of hydrogen-bond acceptors (Lipinski definition) is 3. The van der Waals surface area contributed by atoms with Crippen LogP contribution >= 0.6 is 40.7 Å². The highest BCUT2D eigenvalue weighted by molar-refractivity contribution is 9.10. The molecule has 2 atom stereocenters. The van der Waals surface area contributed by atoms with Crippen LogP contribution in [0, 0.1) is 5.92 Å². The second-order valence-electron chi connectivity index (χ2n) is 4.41. The molecule has 0 bridgehead atoms. The van der Waals surface area contributed by atoms with Crippen LogP contribution in [0.25, 0.3) is 0 Å². The van der Waals surface area contributed by atoms with Crippen LogP contribution in [0.3, 0.4) is 0 Å². The van der Waals surface area contributed by atoms with Crippen LogP contribution in [0.4, 0.5) is 0 Å². The number of piperidine rings is 1. The van der Waals surface area contributed by atoms with Gasteiger partial charge in [0.2, 0.25) is 0 Å². The SMILES string of the molecule is CC1CNCCC1NC(=O)c1ccc(Br)cn1.Cl.Cl. The summed E-state index contributed by atoms with van der Waals surface area (Å²) in [7, 11) is 0. The van der Waals surface area contributed by atoms with Gasteiger partial charge in [0.15, 0.2) is 0 Å². The number of carbonyl (C=O) groups excluding carboxylic acids is 1. The first-order valence-electron chi connectivity index (χ1n) is 5.80. The first-order chi connectivity index (χ1) is 8.16. The standard InChI is InChI=1S/C12H16BrN3O.2ClH/c1-8-6-14-5-4-10(8)16-12(17)11-3-2-9(13)7-15-11;;/h2-3,7-8,10,14H,4-6H2,1H3,(H,16,17);2*1H. The zero-order valence-electron chi connectivity index (χ0n) is 10.6. The van der Waals surface area contributed by atoms with Gasteiger partial charge in [0.1, 0.15) is 5.69 Å². The number of nitrogens with zero attached hydrogens (tertiary/aromatic N) is 1. The van der Waals surface area contributed by atoms with Crippen molar-refractivity contribution >= 4 is 46.7 Å². The van der Waals surface area contributed by atoms with Crippen molar-refractivity contribution in [3.05, 3.63) is 28.5 Å². The minimum Gasteiger partial charge on any atom is -0.348 e. The van der Waals surface area contributed by atoms with Gasteiger partial charge in [-0.05, 0) is 53.5 Å². The largest absolute Gasteiger partial charge is 0.348 e. The Kier molecular flexibility index (Phi) is 8.57. The summed E-state index contributed by atoms with van der Waals surface area (Å²) in [6.07, 6.45) is 2.62. The van der Waals surface area contributed by atoms with E-state index in [0.717, 1.165) is 24.0 Å². The predicted molar refractivity (Wildman–Crippen MR) is 84.3 cm³/mol. The number of rotatable bonds is 2. The second kappa shape index (κ2) is 8.74. The molecule has 2 heterocycles. The van der Waals surface area contributed by atoms with E-state index in [2.05, 4.69) is 38.5 Å². The van der Waals surface area contributed by atoms with Gasteiger partial charge in [0, 0.05) is 16.7 Å². The van der Waals surface area contributed by atoms with Gasteiger partial charge in [0.25, 0.3) is 5.91 Å². The number of halogens is 3. The number of amides is 1. The molecule has 2 rings (SSSR count). The lowest BCUT2D eigenvalue weighted by Gasteiger charge is -2.30. The minimum absolute atomic E-state index is 0. The molecule has 1 aliphatic rings. The van der Waals surface area contributed by atoms with Crippen molar-refractivity contribution in [2.24, 2.45) is 5.92 Å². The third kappa shape index (κ3) is 5.26. The number of nitrogens with one attached hydrogen (secondary N) is 2. The summed E-state index contributed by atoms with van der Waals surface area (Å²) in [6, 6.07) is 3.80. The first kappa shape index (κ1) is 18.6. The van der Waals surface area contributed by atoms with Crippen molar-refractivity contribution in [1.29, 1.82) is 0 Å². The molecule has 108 valence electrons. The van der Waals surface area contributed by atoms with Crippen LogP contribution in [0.15, 0.2) is 22.8 Å². The average Bonchev–Trinajstić information content (AvgIpc) is 2.33. The van der Waals surface area contributed by atoms with E-state index in [-0.39, 0.29) is 36.8 Å². The smallest absolute Gasteiger partial charge is 0.270 e. The maximum atomic E-state index is 12.0. The molecule has 1 aliphatic heterocycles. The Morgan fingerprint density at radius 2 is 2.21 bits per heavy atom. The van der Waals surface area contributed by atoms with Crippen LogP contribution in [0.1, 0.15) is 23.8 Å². The van der Waals surface area contributed by atoms with Crippen molar-refractivity contribution in [1.82, 2.24) is 15.6 Å². The molecule has 1 aromatic rings. The zero-order valence-corrected chi connectivity index (χ0v) is 13.8. The van der Waals surface area contributed by atoms with Crippen molar-refractivity contribution < 1.29 is 4.79 Å². The van der Waals surface area contributed by atoms with Gasteiger partial charge in [-0.1, -0.05) is 6.92 Å². The van der Waals surface area contributed by atoms with E-state index >= 15 is 0 Å². The monoisotopic (exact) mass is 369 g/mol. The van der Waals surface area contributed by atoms with E-state index in [1.807, 2.05) is 6.07 Å². The second-order valence-corrected chi connectivity index (χ2v) is 5.33. The lowest BCUT2D eigenvalue weighted by molar-refractivity contribution is 0.0909. The summed E-state index contributed by atoms with van der Waals surface area (Å²) in [5.41, 5.74) is 0.471. The fraction of sp³-hybridized carbons (Fsp3) is 0.500. The van der Waals surface area contributed by atoms with Gasteiger partial charge in [-0.25, -0.2) is 4.98 Å². The van der Waals surface area contributed by atoms with Gasteiger partial charge >= 0.3 is 0 Å². The molecular weight excluding hydrogens is 353 g/mol. The molecule has 0 aromatic carbocycles. The number of hydrogen-bond donors (Lipinski definition) is 2. The van der Waals surface area contributed by atoms with E-state index in [0.29, 0.717) is 11.6 Å². The van der Waals surface area contributed by atoms with Gasteiger partial charge in [-0.2, -0.15) is 0 Å². The summed E-state index contributed by atoms with van der Waals surface area (Å²) in [4.78, 5) is 16.1. The molecule has 1 amide bonds. The summed E-state index contributed by atoms with van der Waals surface area (Å²) in [6.45, 7) is 4.06. The van der Waals surface area contributed by atoms with Crippen LogP contribution in [0.5, 0.6) is 0 Å². The van der Waals surface area contributed by atoms with Gasteiger partial charge in [0.05, 0.1) is 0 Å². The van der Waals surface area contributed by atoms with E-state index in [4.69, 9.17) is 0 Å². The Balaban J connectivity index is 0.00000162. The average molecular weight is 371 g/mol. The molecule has 1 fully saturated rings. The number of carbonyl (C=O) groups is 1. The molecule has 0 radical (unpaired) electrons. The van der Waals surface area contributed by atoms with Crippen molar-refractivity contribution in [2.75, 3.05) is 13.1 Å². The highest BCUT2D eigenvalue weighted by atomic mass is 79.9. The van der Waals surface area contributed by atoms with Crippen LogP contribution < -0.4 is 10.6 Å². The topological polar surface area (TPSA) is 54.0 Å². The van der Waals surface area contributed by atoms with E-state index in [1.54, 1.807) is 12.3 Å². The predicted octanol–water partition coefficient (Wildman–Crippen LogP) is 2.42. The molecule has 7 heteroatoms. The van der Waals surface area contributed by atoms with Gasteiger partial charge < -0.3 is 10.6 Å². The van der Waals surface area contributed by atoms with Crippen molar-refractivity contribution in [2.45, 2.75) is 19.4 Å². The maximum absolute atomic E-state index is 12.0. The highest BCUT2D eigenvalue weighted by Crippen LogP contribution is 2.12. The Morgan fingerprint density at radius 1 is 1.47 bits per heavy atom. The molecule has 1 aromatic heterocycles. The molecule has 0 saturated carbocycles. The summed E-state index contributed by atoms with van der Waals surface area (Å²) >= 11 is 3.30. The molecular formula is C12H18BrCl2N3O. The van der Waals surface area contributed by atoms with Gasteiger partial charge in [-0.3, -0.25) is 4.79 Å². The summed E-state index contributed by atoms with van der Waals surface area (Å²) in [5.74, 6) is 0.374. The van der Waals surface area contributed by atoms with E-state index in [9.17, 15) is 4.79 Å². The normalized spacial score (nSPS) is 21.8. The third-order valence-corrected chi connectivity index (χ3v) is 3.53. The molecule has 2 unspecified atom stereocenters. The van der Waals surface area contributed by atoms with E-state index < -0.39 is 0 Å². The van der Waals surface area contributed by atoms with Crippen LogP contribution in [0.2, 0.25) is 0 Å². The van der Waals surface area contributed by atoms with Crippen LogP contribution in [-0.2, 0) is 0 Å².